The van der Waals surface area contributed by atoms with Crippen molar-refractivity contribution in [2.45, 2.75) is 13.2 Å². The first-order valence-corrected chi connectivity index (χ1v) is 8.03. The van der Waals surface area contributed by atoms with Crippen LogP contribution in [0.4, 0.5) is 5.69 Å². The molecule has 0 aliphatic rings. The van der Waals surface area contributed by atoms with Gasteiger partial charge in [0.2, 0.25) is 0 Å². The number of nitrogens with zero attached hydrogens (tertiary/aromatic N) is 1. The quantitative estimate of drug-likeness (QED) is 0.709. The molecule has 0 radical (unpaired) electrons. The van der Waals surface area contributed by atoms with Gasteiger partial charge in [0.25, 0.3) is 0 Å². The van der Waals surface area contributed by atoms with Crippen molar-refractivity contribution in [1.82, 2.24) is 4.98 Å². The maximum atomic E-state index is 9.54. The van der Waals surface area contributed by atoms with Crippen LogP contribution in [-0.2, 0) is 13.2 Å². The molecule has 4 nitrogen and oxygen atoms in total. The van der Waals surface area contributed by atoms with E-state index in [1.807, 2.05) is 18.2 Å². The molecule has 3 aromatic rings. The van der Waals surface area contributed by atoms with E-state index in [4.69, 9.17) is 4.42 Å². The van der Waals surface area contributed by atoms with Gasteiger partial charge in [0.15, 0.2) is 12.2 Å². The predicted octanol–water partition coefficient (Wildman–Crippen LogP) is 4.27. The zero-order valence-corrected chi connectivity index (χ0v) is 13.4. The Morgan fingerprint density at radius 1 is 1.33 bits per heavy atom. The standard InChI is InChI=1S/C15H13BrN2O2S/c16-15-3-10(8-21-15)5-18-12-1-2-13(11(4-12)7-19)14-6-17-9-20-14/h1-4,6,8-9,18-19H,5,7H2. The minimum absolute atomic E-state index is 0.0461. The zero-order valence-electron chi connectivity index (χ0n) is 11.0. The van der Waals surface area contributed by atoms with Crippen LogP contribution >= 0.6 is 27.3 Å². The van der Waals surface area contributed by atoms with E-state index in [2.05, 4.69) is 37.7 Å². The van der Waals surface area contributed by atoms with Crippen molar-refractivity contribution in [3.05, 3.63) is 57.1 Å². The molecule has 2 N–H and O–H groups in total. The molecule has 21 heavy (non-hydrogen) atoms. The number of aliphatic hydroxyl groups excluding tert-OH is 1. The lowest BCUT2D eigenvalue weighted by Gasteiger charge is -2.10. The monoisotopic (exact) mass is 364 g/mol. The van der Waals surface area contributed by atoms with Crippen LogP contribution in [0.1, 0.15) is 11.1 Å². The number of aromatic nitrogens is 1. The molecule has 0 saturated carbocycles. The number of hydrogen-bond acceptors (Lipinski definition) is 5. The number of anilines is 1. The Morgan fingerprint density at radius 3 is 2.90 bits per heavy atom. The van der Waals surface area contributed by atoms with Crippen LogP contribution < -0.4 is 5.32 Å². The highest BCUT2D eigenvalue weighted by Gasteiger charge is 2.08. The highest BCUT2D eigenvalue weighted by atomic mass is 79.9. The highest BCUT2D eigenvalue weighted by Crippen LogP contribution is 2.27. The molecular formula is C15H13BrN2O2S. The van der Waals surface area contributed by atoms with Crippen molar-refractivity contribution < 1.29 is 9.52 Å². The molecule has 0 saturated heterocycles. The minimum Gasteiger partial charge on any atom is -0.444 e. The lowest BCUT2D eigenvalue weighted by atomic mass is 10.1. The van der Waals surface area contributed by atoms with Gasteiger partial charge in [0, 0.05) is 17.8 Å². The minimum atomic E-state index is -0.0461. The number of aliphatic hydroxyl groups is 1. The topological polar surface area (TPSA) is 58.3 Å². The van der Waals surface area contributed by atoms with Gasteiger partial charge < -0.3 is 14.8 Å². The Kier molecular flexibility index (Phi) is 4.38. The molecule has 1 aromatic carbocycles. The van der Waals surface area contributed by atoms with Crippen molar-refractivity contribution >= 4 is 33.0 Å². The Labute approximate surface area is 134 Å². The van der Waals surface area contributed by atoms with Crippen molar-refractivity contribution in [3.8, 4) is 11.3 Å². The van der Waals surface area contributed by atoms with Gasteiger partial charge >= 0.3 is 0 Å². The molecule has 0 atom stereocenters. The second-order valence-corrected chi connectivity index (χ2v) is 6.80. The molecular weight excluding hydrogens is 352 g/mol. The smallest absolute Gasteiger partial charge is 0.181 e. The Balaban J connectivity index is 1.78. The summed E-state index contributed by atoms with van der Waals surface area (Å²) in [4.78, 5) is 3.91. The molecule has 2 aromatic heterocycles. The number of oxazole rings is 1. The summed E-state index contributed by atoms with van der Waals surface area (Å²) in [6.07, 6.45) is 3.03. The van der Waals surface area contributed by atoms with Gasteiger partial charge in [-0.3, -0.25) is 0 Å². The normalized spacial score (nSPS) is 10.8. The largest absolute Gasteiger partial charge is 0.444 e. The number of rotatable bonds is 5. The fourth-order valence-corrected chi connectivity index (χ4v) is 3.28. The van der Waals surface area contributed by atoms with E-state index in [-0.39, 0.29) is 6.61 Å². The van der Waals surface area contributed by atoms with Gasteiger partial charge in [0.05, 0.1) is 16.6 Å². The molecule has 0 fully saturated rings. The SMILES string of the molecule is OCc1cc(NCc2csc(Br)c2)ccc1-c1cnco1. The first-order chi connectivity index (χ1) is 10.3. The van der Waals surface area contributed by atoms with Crippen LogP contribution in [0.25, 0.3) is 11.3 Å². The van der Waals surface area contributed by atoms with Gasteiger partial charge in [-0.1, -0.05) is 0 Å². The number of halogens is 1. The molecule has 6 heteroatoms. The van der Waals surface area contributed by atoms with Gasteiger partial charge in [-0.2, -0.15) is 0 Å². The third kappa shape index (κ3) is 3.34. The van der Waals surface area contributed by atoms with E-state index in [1.54, 1.807) is 17.5 Å². The summed E-state index contributed by atoms with van der Waals surface area (Å²) < 4.78 is 6.41. The highest BCUT2D eigenvalue weighted by molar-refractivity contribution is 9.11. The van der Waals surface area contributed by atoms with Crippen molar-refractivity contribution in [1.29, 1.82) is 0 Å². The third-order valence-corrected chi connectivity index (χ3v) is 4.65. The summed E-state index contributed by atoms with van der Waals surface area (Å²) in [5.74, 6) is 0.660. The van der Waals surface area contributed by atoms with Crippen molar-refractivity contribution in [3.63, 3.8) is 0 Å². The van der Waals surface area contributed by atoms with E-state index in [0.717, 1.165) is 27.1 Å². The lowest BCUT2D eigenvalue weighted by Crippen LogP contribution is -1.99. The summed E-state index contributed by atoms with van der Waals surface area (Å²) in [6, 6.07) is 7.92. The van der Waals surface area contributed by atoms with Crippen LogP contribution in [0.2, 0.25) is 0 Å². The van der Waals surface area contributed by atoms with Gasteiger partial charge in [-0.25, -0.2) is 4.98 Å². The molecule has 0 aliphatic heterocycles. The Morgan fingerprint density at radius 2 is 2.24 bits per heavy atom. The van der Waals surface area contributed by atoms with Gasteiger partial charge in [0.1, 0.15) is 0 Å². The van der Waals surface area contributed by atoms with E-state index in [0.29, 0.717) is 5.76 Å². The molecule has 0 spiro atoms. The van der Waals surface area contributed by atoms with Crippen molar-refractivity contribution in [2.24, 2.45) is 0 Å². The molecule has 0 bridgehead atoms. The summed E-state index contributed by atoms with van der Waals surface area (Å²) in [6.45, 7) is 0.699. The van der Waals surface area contributed by atoms with Crippen LogP contribution in [0.3, 0.4) is 0 Å². The number of benzene rings is 1. The van der Waals surface area contributed by atoms with E-state index in [9.17, 15) is 5.11 Å². The third-order valence-electron chi connectivity index (χ3n) is 3.09. The summed E-state index contributed by atoms with van der Waals surface area (Å²) in [7, 11) is 0. The first-order valence-electron chi connectivity index (χ1n) is 6.35. The maximum Gasteiger partial charge on any atom is 0.181 e. The molecule has 3 rings (SSSR count). The average molecular weight is 365 g/mol. The fraction of sp³-hybridized carbons (Fsp3) is 0.133. The van der Waals surface area contributed by atoms with Gasteiger partial charge in [-0.05, 0) is 56.7 Å². The van der Waals surface area contributed by atoms with E-state index in [1.165, 1.54) is 12.0 Å². The molecule has 2 heterocycles. The van der Waals surface area contributed by atoms with Crippen LogP contribution in [0.15, 0.2) is 50.4 Å². The molecule has 108 valence electrons. The zero-order chi connectivity index (χ0) is 14.7. The van der Waals surface area contributed by atoms with Crippen LogP contribution in [0, 0.1) is 0 Å². The second-order valence-electron chi connectivity index (χ2n) is 4.51. The number of nitrogens with one attached hydrogen (secondary N) is 1. The van der Waals surface area contributed by atoms with Gasteiger partial charge in [-0.15, -0.1) is 11.3 Å². The van der Waals surface area contributed by atoms with Crippen molar-refractivity contribution in [2.75, 3.05) is 5.32 Å². The Hall–Kier alpha value is -1.63. The van der Waals surface area contributed by atoms with E-state index >= 15 is 0 Å². The second kappa shape index (κ2) is 6.43. The average Bonchev–Trinajstić information content (AvgIpc) is 3.16. The summed E-state index contributed by atoms with van der Waals surface area (Å²) >= 11 is 5.12. The van der Waals surface area contributed by atoms with Crippen LogP contribution in [-0.4, -0.2) is 10.1 Å². The lowest BCUT2D eigenvalue weighted by molar-refractivity contribution is 0.282. The molecule has 0 unspecified atom stereocenters. The predicted molar refractivity (Wildman–Crippen MR) is 87.2 cm³/mol. The fourth-order valence-electron chi connectivity index (χ4n) is 2.07. The number of hydrogen-bond donors (Lipinski definition) is 2. The molecule has 0 aliphatic carbocycles. The molecule has 0 amide bonds. The van der Waals surface area contributed by atoms with Crippen LogP contribution in [0.5, 0.6) is 0 Å². The summed E-state index contributed by atoms with van der Waals surface area (Å²) in [5.41, 5.74) is 3.85. The maximum absolute atomic E-state index is 9.54. The summed E-state index contributed by atoms with van der Waals surface area (Å²) in [5, 5.41) is 15.0. The Bertz CT molecular complexity index is 725. The number of thiophene rings is 1. The van der Waals surface area contributed by atoms with E-state index < -0.39 is 0 Å². The first kappa shape index (κ1) is 14.3.